The molecule has 4 nitrogen and oxygen atoms in total. The first-order valence-electron chi connectivity index (χ1n) is 4.51. The highest BCUT2D eigenvalue weighted by Gasteiger charge is 2.14. The molecule has 2 aromatic rings. The fourth-order valence-electron chi connectivity index (χ4n) is 1.75. The third kappa shape index (κ3) is 1.34. The molecular formula is C11H11NO3. The third-order valence-electron chi connectivity index (χ3n) is 2.46. The molecule has 0 amide bonds. The van der Waals surface area contributed by atoms with Crippen LogP contribution in [-0.4, -0.2) is 22.8 Å². The molecule has 1 aromatic carbocycles. The average molecular weight is 205 g/mol. The van der Waals surface area contributed by atoms with Gasteiger partial charge in [-0.05, 0) is 12.1 Å². The van der Waals surface area contributed by atoms with Crippen molar-refractivity contribution in [2.75, 3.05) is 7.11 Å². The van der Waals surface area contributed by atoms with Crippen molar-refractivity contribution in [2.45, 2.75) is 0 Å². The molecule has 0 unspecified atom stereocenters. The van der Waals surface area contributed by atoms with Crippen molar-refractivity contribution in [3.8, 4) is 5.75 Å². The Labute approximate surface area is 86.7 Å². The molecule has 0 aliphatic rings. The minimum absolute atomic E-state index is 0.259. The quantitative estimate of drug-likeness (QED) is 0.814. The lowest BCUT2D eigenvalue weighted by atomic mass is 10.2. The van der Waals surface area contributed by atoms with Crippen molar-refractivity contribution in [3.05, 3.63) is 30.0 Å². The summed E-state index contributed by atoms with van der Waals surface area (Å²) in [6, 6.07) is 7.16. The highest BCUT2D eigenvalue weighted by molar-refractivity contribution is 5.96. The summed E-state index contributed by atoms with van der Waals surface area (Å²) in [7, 11) is 3.29. The second kappa shape index (κ2) is 3.31. The van der Waals surface area contributed by atoms with Gasteiger partial charge in [-0.1, -0.05) is 12.1 Å². The minimum Gasteiger partial charge on any atom is -0.495 e. The number of fused-ring (bicyclic) bond motifs is 1. The minimum atomic E-state index is -0.934. The fourth-order valence-corrected chi connectivity index (χ4v) is 1.75. The SMILES string of the molecule is COc1cccc2cc(C(=O)O)n(C)c12. The number of rotatable bonds is 2. The van der Waals surface area contributed by atoms with Crippen LogP contribution in [0.3, 0.4) is 0 Å². The van der Waals surface area contributed by atoms with E-state index in [1.54, 1.807) is 24.8 Å². The van der Waals surface area contributed by atoms with Crippen LogP contribution in [0.2, 0.25) is 0 Å². The summed E-state index contributed by atoms with van der Waals surface area (Å²) in [5.74, 6) is -0.252. The lowest BCUT2D eigenvalue weighted by Gasteiger charge is -2.04. The summed E-state index contributed by atoms with van der Waals surface area (Å²) in [4.78, 5) is 10.9. The number of aryl methyl sites for hydroxylation is 1. The fraction of sp³-hybridized carbons (Fsp3) is 0.182. The molecule has 1 heterocycles. The Morgan fingerprint density at radius 1 is 1.47 bits per heavy atom. The Balaban J connectivity index is 2.82. The van der Waals surface area contributed by atoms with Gasteiger partial charge in [0.1, 0.15) is 11.4 Å². The smallest absolute Gasteiger partial charge is 0.352 e. The summed E-state index contributed by atoms with van der Waals surface area (Å²) >= 11 is 0. The van der Waals surface area contributed by atoms with Gasteiger partial charge in [0, 0.05) is 12.4 Å². The lowest BCUT2D eigenvalue weighted by Crippen LogP contribution is -2.04. The normalized spacial score (nSPS) is 10.5. The maximum absolute atomic E-state index is 10.9. The number of carboxylic acids is 1. The first kappa shape index (κ1) is 9.58. The van der Waals surface area contributed by atoms with Crippen LogP contribution in [0.1, 0.15) is 10.5 Å². The Morgan fingerprint density at radius 3 is 2.80 bits per heavy atom. The topological polar surface area (TPSA) is 51.5 Å². The van der Waals surface area contributed by atoms with E-state index >= 15 is 0 Å². The second-order valence-electron chi connectivity index (χ2n) is 3.29. The lowest BCUT2D eigenvalue weighted by molar-refractivity contribution is 0.0687. The number of methoxy groups -OCH3 is 1. The largest absolute Gasteiger partial charge is 0.495 e. The first-order chi connectivity index (χ1) is 7.15. The van der Waals surface area contributed by atoms with Crippen LogP contribution in [0, 0.1) is 0 Å². The van der Waals surface area contributed by atoms with Crippen LogP contribution in [0.4, 0.5) is 0 Å². The molecule has 0 radical (unpaired) electrons. The monoisotopic (exact) mass is 205 g/mol. The van der Waals surface area contributed by atoms with Crippen molar-refractivity contribution in [1.29, 1.82) is 0 Å². The number of nitrogens with zero attached hydrogens (tertiary/aromatic N) is 1. The van der Waals surface area contributed by atoms with Gasteiger partial charge in [0.25, 0.3) is 0 Å². The summed E-state index contributed by atoms with van der Waals surface area (Å²) < 4.78 is 6.81. The predicted octanol–water partition coefficient (Wildman–Crippen LogP) is 1.89. The Hall–Kier alpha value is -1.97. The molecule has 78 valence electrons. The highest BCUT2D eigenvalue weighted by Crippen LogP contribution is 2.27. The van der Waals surface area contributed by atoms with Gasteiger partial charge < -0.3 is 14.4 Å². The molecule has 0 aliphatic heterocycles. The van der Waals surface area contributed by atoms with Gasteiger partial charge in [-0.25, -0.2) is 4.79 Å². The van der Waals surface area contributed by atoms with E-state index in [1.807, 2.05) is 18.2 Å². The first-order valence-corrected chi connectivity index (χ1v) is 4.51. The molecule has 1 N–H and O–H groups in total. The number of aromatic nitrogens is 1. The van der Waals surface area contributed by atoms with E-state index in [0.717, 1.165) is 10.9 Å². The number of aromatic carboxylic acids is 1. The average Bonchev–Trinajstić information content (AvgIpc) is 2.56. The second-order valence-corrected chi connectivity index (χ2v) is 3.29. The van der Waals surface area contributed by atoms with Crippen LogP contribution in [0.15, 0.2) is 24.3 Å². The summed E-state index contributed by atoms with van der Waals surface area (Å²) in [6.45, 7) is 0. The molecule has 0 aliphatic carbocycles. The number of carbonyl (C=O) groups is 1. The van der Waals surface area contributed by atoms with E-state index in [4.69, 9.17) is 9.84 Å². The van der Waals surface area contributed by atoms with Crippen LogP contribution < -0.4 is 4.74 Å². The Kier molecular flexibility index (Phi) is 2.11. The molecular weight excluding hydrogens is 194 g/mol. The van der Waals surface area contributed by atoms with Crippen molar-refractivity contribution in [1.82, 2.24) is 4.57 Å². The van der Waals surface area contributed by atoms with Gasteiger partial charge in [0.2, 0.25) is 0 Å². The van der Waals surface area contributed by atoms with E-state index in [0.29, 0.717) is 5.75 Å². The van der Waals surface area contributed by atoms with E-state index in [2.05, 4.69) is 0 Å². The Bertz CT molecular complexity index is 528. The van der Waals surface area contributed by atoms with E-state index < -0.39 is 5.97 Å². The summed E-state index contributed by atoms with van der Waals surface area (Å²) in [5, 5.41) is 9.84. The van der Waals surface area contributed by atoms with Gasteiger partial charge in [0.05, 0.1) is 12.6 Å². The van der Waals surface area contributed by atoms with Crippen molar-refractivity contribution in [2.24, 2.45) is 7.05 Å². The van der Waals surface area contributed by atoms with Gasteiger partial charge >= 0.3 is 5.97 Å². The number of hydrogen-bond donors (Lipinski definition) is 1. The maximum atomic E-state index is 10.9. The van der Waals surface area contributed by atoms with Crippen LogP contribution in [-0.2, 0) is 7.05 Å². The van der Waals surface area contributed by atoms with Gasteiger partial charge in [0.15, 0.2) is 0 Å². The van der Waals surface area contributed by atoms with Crippen LogP contribution >= 0.6 is 0 Å². The van der Waals surface area contributed by atoms with Gasteiger partial charge in [-0.15, -0.1) is 0 Å². The summed E-state index contributed by atoms with van der Waals surface area (Å²) in [6.07, 6.45) is 0. The molecule has 15 heavy (non-hydrogen) atoms. The molecule has 2 rings (SSSR count). The van der Waals surface area contributed by atoms with E-state index in [9.17, 15) is 4.79 Å². The Morgan fingerprint density at radius 2 is 2.20 bits per heavy atom. The molecule has 0 saturated carbocycles. The predicted molar refractivity (Wildman–Crippen MR) is 56.4 cm³/mol. The maximum Gasteiger partial charge on any atom is 0.352 e. The van der Waals surface area contributed by atoms with Crippen molar-refractivity contribution in [3.63, 3.8) is 0 Å². The van der Waals surface area contributed by atoms with E-state index in [1.165, 1.54) is 0 Å². The van der Waals surface area contributed by atoms with Crippen LogP contribution in [0.25, 0.3) is 10.9 Å². The van der Waals surface area contributed by atoms with Crippen molar-refractivity contribution >= 4 is 16.9 Å². The number of para-hydroxylation sites is 1. The van der Waals surface area contributed by atoms with Gasteiger partial charge in [-0.3, -0.25) is 0 Å². The highest BCUT2D eigenvalue weighted by atomic mass is 16.5. The zero-order chi connectivity index (χ0) is 11.0. The molecule has 0 saturated heterocycles. The number of carboxylic acid groups (broad SMARTS) is 1. The number of hydrogen-bond acceptors (Lipinski definition) is 2. The molecule has 0 fully saturated rings. The third-order valence-corrected chi connectivity index (χ3v) is 2.46. The number of benzene rings is 1. The van der Waals surface area contributed by atoms with Gasteiger partial charge in [-0.2, -0.15) is 0 Å². The van der Waals surface area contributed by atoms with E-state index in [-0.39, 0.29) is 5.69 Å². The zero-order valence-corrected chi connectivity index (χ0v) is 8.52. The summed E-state index contributed by atoms with van der Waals surface area (Å²) in [5.41, 5.74) is 1.06. The zero-order valence-electron chi connectivity index (χ0n) is 8.52. The van der Waals surface area contributed by atoms with Crippen molar-refractivity contribution < 1.29 is 14.6 Å². The number of ether oxygens (including phenoxy) is 1. The molecule has 1 aromatic heterocycles. The molecule has 0 bridgehead atoms. The standard InChI is InChI=1S/C11H11NO3/c1-12-8(11(13)14)6-7-4-3-5-9(15-2)10(7)12/h3-6H,1-2H3,(H,13,14). The molecule has 4 heteroatoms. The van der Waals surface area contributed by atoms with Crippen LogP contribution in [0.5, 0.6) is 5.75 Å². The molecule has 0 atom stereocenters. The molecule has 0 spiro atoms.